The third-order valence-corrected chi connectivity index (χ3v) is 8.42. The Labute approximate surface area is 136 Å². The van der Waals surface area contributed by atoms with Gasteiger partial charge in [-0.25, -0.2) is 0 Å². The molecule has 2 heteroatoms. The molecule has 8 atom stereocenters. The summed E-state index contributed by atoms with van der Waals surface area (Å²) in [4.78, 5) is 0. The van der Waals surface area contributed by atoms with Gasteiger partial charge < -0.3 is 10.2 Å². The van der Waals surface area contributed by atoms with Crippen molar-refractivity contribution in [3.05, 3.63) is 0 Å². The molecule has 3 aliphatic carbocycles. The van der Waals surface area contributed by atoms with Crippen LogP contribution in [-0.4, -0.2) is 22.4 Å². The average Bonchev–Trinajstić information content (AvgIpc) is 2.49. The molecule has 3 fully saturated rings. The summed E-state index contributed by atoms with van der Waals surface area (Å²) in [6.45, 7) is 9.60. The van der Waals surface area contributed by atoms with Crippen molar-refractivity contribution in [3.8, 4) is 0 Å². The highest BCUT2D eigenvalue weighted by atomic mass is 16.3. The molecular formula is C20H36O2. The molecule has 4 unspecified atom stereocenters. The number of hydrogen-bond acceptors (Lipinski definition) is 2. The molecule has 3 rings (SSSR count). The fourth-order valence-corrected chi connectivity index (χ4v) is 6.82. The SMILES string of the molecule is CCC1C2C(CC[C@]1(C)CC)[C@@]1(C)CC[C@H](O)CC1C[C@@H]2O. The normalized spacial score (nSPS) is 55.4. The number of aliphatic hydroxyl groups is 2. The molecule has 0 aromatic carbocycles. The lowest BCUT2D eigenvalue weighted by Crippen LogP contribution is -2.58. The first-order chi connectivity index (χ1) is 10.4. The summed E-state index contributed by atoms with van der Waals surface area (Å²) < 4.78 is 0. The average molecular weight is 309 g/mol. The fourth-order valence-electron chi connectivity index (χ4n) is 6.82. The van der Waals surface area contributed by atoms with Gasteiger partial charge in [0.2, 0.25) is 0 Å². The van der Waals surface area contributed by atoms with Crippen molar-refractivity contribution in [1.29, 1.82) is 0 Å². The number of fused-ring (bicyclic) bond motifs is 3. The van der Waals surface area contributed by atoms with E-state index in [0.29, 0.717) is 34.5 Å². The summed E-state index contributed by atoms with van der Waals surface area (Å²) in [5.74, 6) is 2.34. The minimum atomic E-state index is -0.149. The van der Waals surface area contributed by atoms with E-state index in [1.54, 1.807) is 0 Å². The van der Waals surface area contributed by atoms with Crippen LogP contribution in [0.15, 0.2) is 0 Å². The summed E-state index contributed by atoms with van der Waals surface area (Å²) in [5.41, 5.74) is 0.764. The second-order valence-corrected chi connectivity index (χ2v) is 9.18. The largest absolute Gasteiger partial charge is 0.393 e. The van der Waals surface area contributed by atoms with E-state index in [-0.39, 0.29) is 12.2 Å². The van der Waals surface area contributed by atoms with Gasteiger partial charge in [0.1, 0.15) is 0 Å². The van der Waals surface area contributed by atoms with Gasteiger partial charge in [-0.3, -0.25) is 0 Å². The molecule has 0 saturated heterocycles. The van der Waals surface area contributed by atoms with Gasteiger partial charge in [-0.1, -0.05) is 40.5 Å². The summed E-state index contributed by atoms with van der Waals surface area (Å²) in [6, 6.07) is 0. The van der Waals surface area contributed by atoms with Gasteiger partial charge in [0.15, 0.2) is 0 Å². The lowest BCUT2D eigenvalue weighted by atomic mass is 9.43. The van der Waals surface area contributed by atoms with Crippen molar-refractivity contribution in [2.24, 2.45) is 34.5 Å². The van der Waals surface area contributed by atoms with E-state index in [9.17, 15) is 10.2 Å². The van der Waals surface area contributed by atoms with Crippen molar-refractivity contribution in [2.45, 2.75) is 91.3 Å². The molecule has 2 nitrogen and oxygen atoms in total. The molecule has 0 aromatic heterocycles. The van der Waals surface area contributed by atoms with E-state index in [1.807, 2.05) is 0 Å². The number of hydrogen-bond donors (Lipinski definition) is 2. The van der Waals surface area contributed by atoms with Crippen LogP contribution in [0.2, 0.25) is 0 Å². The Bertz CT molecular complexity index is 409. The summed E-state index contributed by atoms with van der Waals surface area (Å²) >= 11 is 0. The Balaban J connectivity index is 1.93. The van der Waals surface area contributed by atoms with Crippen LogP contribution in [-0.2, 0) is 0 Å². The maximum atomic E-state index is 11.0. The zero-order valence-corrected chi connectivity index (χ0v) is 15.0. The van der Waals surface area contributed by atoms with Crippen LogP contribution in [0.4, 0.5) is 0 Å². The quantitative estimate of drug-likeness (QED) is 0.794. The molecular weight excluding hydrogens is 272 g/mol. The second kappa shape index (κ2) is 5.77. The molecule has 0 aromatic rings. The summed E-state index contributed by atoms with van der Waals surface area (Å²) in [5, 5.41) is 21.1. The summed E-state index contributed by atoms with van der Waals surface area (Å²) in [7, 11) is 0. The smallest absolute Gasteiger partial charge is 0.0577 e. The van der Waals surface area contributed by atoms with Gasteiger partial charge in [0.25, 0.3) is 0 Å². The Kier molecular flexibility index (Phi) is 4.40. The minimum absolute atomic E-state index is 0.131. The Morgan fingerprint density at radius 2 is 1.73 bits per heavy atom. The predicted octanol–water partition coefficient (Wildman–Crippen LogP) is 4.39. The van der Waals surface area contributed by atoms with E-state index >= 15 is 0 Å². The standard InChI is InChI=1S/C20H36O2/c1-5-15-18-16(8-9-19(15,3)6-2)20(4)10-7-14(21)11-13(20)12-17(18)22/h13-18,21-22H,5-12H2,1-4H3/t13?,14-,15?,16?,17-,18?,19-,20-/m0/s1. The van der Waals surface area contributed by atoms with E-state index in [0.717, 1.165) is 25.7 Å². The first kappa shape index (κ1) is 16.8. The molecule has 0 radical (unpaired) electrons. The molecule has 3 aliphatic rings. The van der Waals surface area contributed by atoms with Crippen LogP contribution in [0, 0.1) is 34.5 Å². The molecule has 0 bridgehead atoms. The molecule has 2 N–H and O–H groups in total. The van der Waals surface area contributed by atoms with Gasteiger partial charge in [-0.05, 0) is 73.0 Å². The first-order valence-corrected chi connectivity index (χ1v) is 9.72. The maximum absolute atomic E-state index is 11.0. The van der Waals surface area contributed by atoms with Crippen molar-refractivity contribution in [1.82, 2.24) is 0 Å². The van der Waals surface area contributed by atoms with E-state index < -0.39 is 0 Å². The topological polar surface area (TPSA) is 40.5 Å². The highest BCUT2D eigenvalue weighted by molar-refractivity contribution is 5.08. The fraction of sp³-hybridized carbons (Fsp3) is 1.00. The van der Waals surface area contributed by atoms with E-state index in [2.05, 4.69) is 27.7 Å². The zero-order valence-electron chi connectivity index (χ0n) is 15.0. The van der Waals surface area contributed by atoms with Gasteiger partial charge >= 0.3 is 0 Å². The Morgan fingerprint density at radius 1 is 1.00 bits per heavy atom. The lowest BCUT2D eigenvalue weighted by Gasteiger charge is -2.62. The number of aliphatic hydroxyl groups excluding tert-OH is 2. The van der Waals surface area contributed by atoms with E-state index in [1.165, 1.54) is 25.7 Å². The van der Waals surface area contributed by atoms with Gasteiger partial charge in [0, 0.05) is 0 Å². The lowest BCUT2D eigenvalue weighted by molar-refractivity contribution is -0.175. The van der Waals surface area contributed by atoms with Crippen LogP contribution >= 0.6 is 0 Å². The molecule has 0 aliphatic heterocycles. The molecule has 128 valence electrons. The first-order valence-electron chi connectivity index (χ1n) is 9.72. The third-order valence-electron chi connectivity index (χ3n) is 8.42. The van der Waals surface area contributed by atoms with Gasteiger partial charge in [-0.15, -0.1) is 0 Å². The van der Waals surface area contributed by atoms with Crippen LogP contribution < -0.4 is 0 Å². The molecule has 3 saturated carbocycles. The van der Waals surface area contributed by atoms with Crippen LogP contribution in [0.1, 0.15) is 79.1 Å². The Hall–Kier alpha value is -0.0800. The molecule has 0 amide bonds. The highest BCUT2D eigenvalue weighted by Gasteiger charge is 2.58. The van der Waals surface area contributed by atoms with Crippen molar-refractivity contribution in [2.75, 3.05) is 0 Å². The van der Waals surface area contributed by atoms with Crippen LogP contribution in [0.25, 0.3) is 0 Å². The van der Waals surface area contributed by atoms with Gasteiger partial charge in [0.05, 0.1) is 12.2 Å². The third kappa shape index (κ3) is 2.36. The van der Waals surface area contributed by atoms with Crippen LogP contribution in [0.5, 0.6) is 0 Å². The summed E-state index contributed by atoms with van der Waals surface area (Å²) in [6.07, 6.45) is 8.72. The van der Waals surface area contributed by atoms with E-state index in [4.69, 9.17) is 0 Å². The van der Waals surface area contributed by atoms with Crippen molar-refractivity contribution in [3.63, 3.8) is 0 Å². The predicted molar refractivity (Wildman–Crippen MR) is 90.5 cm³/mol. The molecule has 22 heavy (non-hydrogen) atoms. The van der Waals surface area contributed by atoms with Crippen LogP contribution in [0.3, 0.4) is 0 Å². The molecule has 0 spiro atoms. The van der Waals surface area contributed by atoms with Crippen molar-refractivity contribution < 1.29 is 10.2 Å². The Morgan fingerprint density at radius 3 is 2.36 bits per heavy atom. The van der Waals surface area contributed by atoms with Crippen molar-refractivity contribution >= 4 is 0 Å². The van der Waals surface area contributed by atoms with Gasteiger partial charge in [-0.2, -0.15) is 0 Å². The zero-order chi connectivity index (χ0) is 16.1. The maximum Gasteiger partial charge on any atom is 0.0577 e. The highest BCUT2D eigenvalue weighted by Crippen LogP contribution is 2.64. The minimum Gasteiger partial charge on any atom is -0.393 e. The number of rotatable bonds is 2. The second-order valence-electron chi connectivity index (χ2n) is 9.18. The monoisotopic (exact) mass is 308 g/mol. The molecule has 0 heterocycles.